The molecule has 20 heavy (non-hydrogen) atoms. The van der Waals surface area contributed by atoms with Crippen LogP contribution in [-0.4, -0.2) is 22.0 Å². The van der Waals surface area contributed by atoms with Gasteiger partial charge in [0.2, 0.25) is 0 Å². The summed E-state index contributed by atoms with van der Waals surface area (Å²) in [6, 6.07) is 9.72. The zero-order valence-electron chi connectivity index (χ0n) is 10.3. The molecule has 5 nitrogen and oxygen atoms in total. The first-order valence-electron chi connectivity index (χ1n) is 5.79. The fraction of sp³-hybridized carbons (Fsp3) is 0.0714. The van der Waals surface area contributed by atoms with Crippen molar-refractivity contribution in [2.75, 3.05) is 5.32 Å². The van der Waals surface area contributed by atoms with E-state index in [2.05, 4.69) is 10.3 Å². The van der Waals surface area contributed by atoms with E-state index in [9.17, 15) is 9.59 Å². The fourth-order valence-electron chi connectivity index (χ4n) is 1.70. The van der Waals surface area contributed by atoms with Gasteiger partial charge in [-0.3, -0.25) is 9.59 Å². The number of para-hydroxylation sites is 1. The molecule has 2 N–H and O–H groups in total. The number of anilines is 1. The summed E-state index contributed by atoms with van der Waals surface area (Å²) < 4.78 is 0. The van der Waals surface area contributed by atoms with Gasteiger partial charge in [0.05, 0.1) is 6.42 Å². The molecular weight excluding hydrogens is 280 g/mol. The first-order valence-corrected chi connectivity index (χ1v) is 6.16. The van der Waals surface area contributed by atoms with Gasteiger partial charge in [-0.15, -0.1) is 0 Å². The minimum atomic E-state index is -0.960. The van der Waals surface area contributed by atoms with Crippen LogP contribution < -0.4 is 5.32 Å². The molecule has 0 spiro atoms. The van der Waals surface area contributed by atoms with Crippen molar-refractivity contribution in [2.45, 2.75) is 6.42 Å². The van der Waals surface area contributed by atoms with E-state index < -0.39 is 5.97 Å². The number of carbonyl (C=O) groups excluding carboxylic acids is 1. The van der Waals surface area contributed by atoms with Crippen molar-refractivity contribution in [3.63, 3.8) is 0 Å². The standard InChI is InChI=1S/C14H11ClN2O3/c15-12-7-10(5-6-16-12)14(20)17-11-4-2-1-3-9(11)8-13(18)19/h1-7H,8H2,(H,17,20)(H,18,19). The van der Waals surface area contributed by atoms with Crippen LogP contribution in [0.25, 0.3) is 0 Å². The second-order valence-corrected chi connectivity index (χ2v) is 4.44. The maximum absolute atomic E-state index is 12.1. The molecule has 0 bridgehead atoms. The molecule has 0 aliphatic rings. The molecule has 0 saturated carbocycles. The third kappa shape index (κ3) is 3.55. The Kier molecular flexibility index (Phi) is 4.32. The number of hydrogen-bond acceptors (Lipinski definition) is 3. The minimum Gasteiger partial charge on any atom is -0.481 e. The summed E-state index contributed by atoms with van der Waals surface area (Å²) in [5.74, 6) is -1.33. The first-order chi connectivity index (χ1) is 9.56. The lowest BCUT2D eigenvalue weighted by molar-refractivity contribution is -0.136. The first kappa shape index (κ1) is 14.0. The predicted molar refractivity (Wildman–Crippen MR) is 75.0 cm³/mol. The van der Waals surface area contributed by atoms with E-state index in [-0.39, 0.29) is 17.5 Å². The van der Waals surface area contributed by atoms with E-state index in [0.717, 1.165) is 0 Å². The van der Waals surface area contributed by atoms with E-state index in [1.807, 2.05) is 0 Å². The van der Waals surface area contributed by atoms with Gasteiger partial charge in [0.15, 0.2) is 0 Å². The second-order valence-electron chi connectivity index (χ2n) is 4.05. The summed E-state index contributed by atoms with van der Waals surface area (Å²) in [6.07, 6.45) is 1.27. The number of nitrogens with zero attached hydrogens (tertiary/aromatic N) is 1. The van der Waals surface area contributed by atoms with Gasteiger partial charge in [0, 0.05) is 17.4 Å². The van der Waals surface area contributed by atoms with Crippen LogP contribution in [0, 0.1) is 0 Å². The van der Waals surface area contributed by atoms with Crippen LogP contribution in [0.4, 0.5) is 5.69 Å². The Bertz CT molecular complexity index is 658. The molecule has 0 aliphatic heterocycles. The van der Waals surface area contributed by atoms with Crippen molar-refractivity contribution in [2.24, 2.45) is 0 Å². The van der Waals surface area contributed by atoms with Crippen LogP contribution in [0.15, 0.2) is 42.6 Å². The Hall–Kier alpha value is -2.40. The number of nitrogens with one attached hydrogen (secondary N) is 1. The van der Waals surface area contributed by atoms with Crippen LogP contribution in [0.3, 0.4) is 0 Å². The van der Waals surface area contributed by atoms with Gasteiger partial charge >= 0.3 is 5.97 Å². The molecule has 1 amide bonds. The van der Waals surface area contributed by atoms with Gasteiger partial charge in [-0.1, -0.05) is 29.8 Å². The van der Waals surface area contributed by atoms with E-state index in [1.54, 1.807) is 24.3 Å². The van der Waals surface area contributed by atoms with Crippen LogP contribution in [0.1, 0.15) is 15.9 Å². The number of carbonyl (C=O) groups is 2. The number of carboxylic acid groups (broad SMARTS) is 1. The Balaban J connectivity index is 2.21. The van der Waals surface area contributed by atoms with Gasteiger partial charge in [-0.2, -0.15) is 0 Å². The van der Waals surface area contributed by atoms with Gasteiger partial charge in [-0.25, -0.2) is 4.98 Å². The molecule has 0 unspecified atom stereocenters. The molecule has 0 radical (unpaired) electrons. The summed E-state index contributed by atoms with van der Waals surface area (Å²) in [4.78, 5) is 26.6. The van der Waals surface area contributed by atoms with Crippen molar-refractivity contribution < 1.29 is 14.7 Å². The summed E-state index contributed by atoms with van der Waals surface area (Å²) in [7, 11) is 0. The van der Waals surface area contributed by atoms with Gasteiger partial charge < -0.3 is 10.4 Å². The normalized spacial score (nSPS) is 10.1. The number of aromatic nitrogens is 1. The van der Waals surface area contributed by atoms with Crippen LogP contribution in [0.2, 0.25) is 5.15 Å². The third-order valence-corrected chi connectivity index (χ3v) is 2.80. The molecule has 0 saturated heterocycles. The number of carboxylic acids is 1. The number of halogens is 1. The van der Waals surface area contributed by atoms with Gasteiger partial charge in [0.25, 0.3) is 5.91 Å². The smallest absolute Gasteiger partial charge is 0.307 e. The zero-order valence-corrected chi connectivity index (χ0v) is 11.1. The molecule has 2 aromatic rings. The van der Waals surface area contributed by atoms with Crippen LogP contribution in [0.5, 0.6) is 0 Å². The number of rotatable bonds is 4. The topological polar surface area (TPSA) is 79.3 Å². The zero-order chi connectivity index (χ0) is 14.5. The summed E-state index contributed by atoms with van der Waals surface area (Å²) >= 11 is 5.72. The number of pyridine rings is 1. The van der Waals surface area contributed by atoms with Crippen molar-refractivity contribution in [3.8, 4) is 0 Å². The summed E-state index contributed by atoms with van der Waals surface area (Å²) in [5.41, 5.74) is 1.36. The van der Waals surface area contributed by atoms with E-state index >= 15 is 0 Å². The molecule has 0 fully saturated rings. The van der Waals surface area contributed by atoms with Crippen molar-refractivity contribution in [1.29, 1.82) is 0 Å². The maximum atomic E-state index is 12.1. The maximum Gasteiger partial charge on any atom is 0.307 e. The molecule has 102 valence electrons. The monoisotopic (exact) mass is 290 g/mol. The van der Waals surface area contributed by atoms with Crippen molar-refractivity contribution in [1.82, 2.24) is 4.98 Å². The summed E-state index contributed by atoms with van der Waals surface area (Å²) in [6.45, 7) is 0. The number of amides is 1. The highest BCUT2D eigenvalue weighted by Crippen LogP contribution is 2.17. The van der Waals surface area contributed by atoms with Crippen LogP contribution in [-0.2, 0) is 11.2 Å². The highest BCUT2D eigenvalue weighted by Gasteiger charge is 2.11. The number of aliphatic carboxylic acids is 1. The largest absolute Gasteiger partial charge is 0.481 e. The molecule has 1 aromatic heterocycles. The van der Waals surface area contributed by atoms with Gasteiger partial charge in [0.1, 0.15) is 5.15 Å². The SMILES string of the molecule is O=C(O)Cc1ccccc1NC(=O)c1ccnc(Cl)c1. The predicted octanol–water partition coefficient (Wildman–Crippen LogP) is 2.61. The average molecular weight is 291 g/mol. The van der Waals surface area contributed by atoms with Crippen molar-refractivity contribution >= 4 is 29.2 Å². The minimum absolute atomic E-state index is 0.159. The molecule has 1 heterocycles. The number of benzene rings is 1. The highest BCUT2D eigenvalue weighted by molar-refractivity contribution is 6.29. The molecular formula is C14H11ClN2O3. The van der Waals surface area contributed by atoms with Crippen molar-refractivity contribution in [3.05, 3.63) is 58.9 Å². The molecule has 0 aliphatic carbocycles. The lowest BCUT2D eigenvalue weighted by Gasteiger charge is -2.09. The van der Waals surface area contributed by atoms with E-state index in [0.29, 0.717) is 16.8 Å². The lowest BCUT2D eigenvalue weighted by atomic mass is 10.1. The van der Waals surface area contributed by atoms with Crippen LogP contribution >= 0.6 is 11.6 Å². The van der Waals surface area contributed by atoms with Gasteiger partial charge in [-0.05, 0) is 23.8 Å². The Labute approximate surface area is 120 Å². The Morgan fingerprint density at radius 3 is 2.70 bits per heavy atom. The Morgan fingerprint density at radius 2 is 2.00 bits per heavy atom. The van der Waals surface area contributed by atoms with E-state index in [1.165, 1.54) is 18.3 Å². The molecule has 2 rings (SSSR count). The average Bonchev–Trinajstić information content (AvgIpc) is 2.40. The fourth-order valence-corrected chi connectivity index (χ4v) is 1.87. The lowest BCUT2D eigenvalue weighted by Crippen LogP contribution is -2.14. The number of hydrogen-bond donors (Lipinski definition) is 2. The highest BCUT2D eigenvalue weighted by atomic mass is 35.5. The summed E-state index contributed by atoms with van der Waals surface area (Å²) in [5, 5.41) is 11.7. The quantitative estimate of drug-likeness (QED) is 0.848. The Morgan fingerprint density at radius 1 is 1.25 bits per heavy atom. The molecule has 6 heteroatoms. The molecule has 1 aromatic carbocycles. The third-order valence-electron chi connectivity index (χ3n) is 2.60. The second kappa shape index (κ2) is 6.16. The van der Waals surface area contributed by atoms with E-state index in [4.69, 9.17) is 16.7 Å². The molecule has 0 atom stereocenters.